The quantitative estimate of drug-likeness (QED) is 0.534. The largest absolute Gasteiger partial charge is 0.475 e. The van der Waals surface area contributed by atoms with Gasteiger partial charge in [0, 0.05) is 33.3 Å². The summed E-state index contributed by atoms with van der Waals surface area (Å²) in [6, 6.07) is 7.19. The lowest BCUT2D eigenvalue weighted by Gasteiger charge is -2.55. The van der Waals surface area contributed by atoms with Crippen LogP contribution >= 0.6 is 0 Å². The molecule has 1 heterocycles. The van der Waals surface area contributed by atoms with E-state index in [1.54, 1.807) is 0 Å². The van der Waals surface area contributed by atoms with Gasteiger partial charge in [-0.2, -0.15) is 7.05 Å². The van der Waals surface area contributed by atoms with Crippen LogP contribution in [-0.4, -0.2) is 11.0 Å². The molecule has 4 rings (SSSR count). The van der Waals surface area contributed by atoms with Gasteiger partial charge in [-0.25, -0.2) is 0 Å². The third-order valence-corrected chi connectivity index (χ3v) is 8.27. The van der Waals surface area contributed by atoms with Crippen LogP contribution in [0.2, 0.25) is 0 Å². The molecule has 1 aromatic heterocycles. The van der Waals surface area contributed by atoms with Crippen LogP contribution in [0.3, 0.4) is 0 Å². The average molecular weight is 377 g/mol. The Kier molecular flexibility index (Phi) is 4.25. The molecular weight excluding hydrogens is 340 g/mol. The number of H-pyrrole nitrogens is 1. The van der Waals surface area contributed by atoms with Gasteiger partial charge in [0.15, 0.2) is 0 Å². The maximum absolute atomic E-state index is 4.30. The van der Waals surface area contributed by atoms with Gasteiger partial charge in [0.25, 0.3) is 0 Å². The number of allylic oxidation sites excluding steroid dienone is 1. The number of quaternary nitrogens is 1. The second-order valence-corrected chi connectivity index (χ2v) is 10.4. The summed E-state index contributed by atoms with van der Waals surface area (Å²) < 4.78 is 0. The van der Waals surface area contributed by atoms with Gasteiger partial charge in [0.2, 0.25) is 0 Å². The summed E-state index contributed by atoms with van der Waals surface area (Å²) in [4.78, 5) is 3.82. The van der Waals surface area contributed by atoms with E-state index >= 15 is 0 Å². The average Bonchev–Trinajstić information content (AvgIpc) is 3.06. The molecule has 0 saturated heterocycles. The monoisotopic (exact) mass is 376 g/mol. The number of nitrogens with two attached hydrogens (primary N) is 1. The predicted octanol–water partition coefficient (Wildman–Crippen LogP) is 5.33. The van der Waals surface area contributed by atoms with Gasteiger partial charge in [0.1, 0.15) is 0 Å². The van der Waals surface area contributed by atoms with Crippen molar-refractivity contribution < 1.29 is 5.32 Å². The zero-order valence-corrected chi connectivity index (χ0v) is 18.2. The van der Waals surface area contributed by atoms with Crippen molar-refractivity contribution in [2.75, 3.05) is 0 Å². The van der Waals surface area contributed by atoms with Crippen molar-refractivity contribution in [1.82, 2.24) is 4.98 Å². The number of nitrogens with one attached hydrogen (secondary N) is 1. The highest BCUT2D eigenvalue weighted by Gasteiger charge is 2.55. The maximum Gasteiger partial charge on any atom is 0.0782 e. The van der Waals surface area contributed by atoms with E-state index in [9.17, 15) is 0 Å². The third kappa shape index (κ3) is 2.37. The fourth-order valence-electron chi connectivity index (χ4n) is 6.27. The van der Waals surface area contributed by atoms with Crippen molar-refractivity contribution in [3.05, 3.63) is 67.4 Å². The number of fused-ring (bicyclic) bond motifs is 2. The van der Waals surface area contributed by atoms with Crippen molar-refractivity contribution in [1.29, 1.82) is 0 Å². The Labute approximate surface area is 170 Å². The standard InChI is InChI=1S/C26H36N2/c1-9-24(3,4)22-21-19-16(12-11-13-18(19)28-22)25(5,6)17-14-15-26(7,10-2)23(27-8)20(17)21/h9-13,17,20,23,28H,1-2,8,14-15,27H2,3-7H3. The molecule has 2 aliphatic carbocycles. The molecule has 2 aromatic rings. The second-order valence-electron chi connectivity index (χ2n) is 10.4. The Hall–Kier alpha value is -1.80. The van der Waals surface area contributed by atoms with Crippen LogP contribution in [0.25, 0.3) is 10.9 Å². The highest BCUT2D eigenvalue weighted by atomic mass is 14.9. The second kappa shape index (κ2) is 6.10. The van der Waals surface area contributed by atoms with E-state index in [-0.39, 0.29) is 16.2 Å². The Bertz CT molecular complexity index is 945. The molecule has 0 spiro atoms. The number of aromatic amines is 1. The van der Waals surface area contributed by atoms with E-state index in [1.807, 2.05) is 0 Å². The topological polar surface area (TPSA) is 32.4 Å². The van der Waals surface area contributed by atoms with E-state index in [1.165, 1.54) is 40.6 Å². The molecular formula is C26H36N2. The molecule has 2 heteroatoms. The summed E-state index contributed by atoms with van der Waals surface area (Å²) in [6.45, 7) is 20.2. The fraction of sp³-hybridized carbons (Fsp3) is 0.500. The molecule has 150 valence electrons. The molecule has 2 aliphatic rings. The highest BCUT2D eigenvalue weighted by molar-refractivity contribution is 5.91. The minimum Gasteiger partial charge on any atom is -0.475 e. The first-order valence-corrected chi connectivity index (χ1v) is 10.7. The van der Waals surface area contributed by atoms with Crippen LogP contribution in [0, 0.1) is 18.4 Å². The van der Waals surface area contributed by atoms with Crippen molar-refractivity contribution in [2.45, 2.75) is 70.3 Å². The highest BCUT2D eigenvalue weighted by Crippen LogP contribution is 2.59. The van der Waals surface area contributed by atoms with Crippen molar-refractivity contribution in [2.24, 2.45) is 11.3 Å². The summed E-state index contributed by atoms with van der Waals surface area (Å²) in [5.74, 6) is 1.04. The summed E-state index contributed by atoms with van der Waals surface area (Å²) in [5, 5.41) is 3.66. The zero-order valence-electron chi connectivity index (χ0n) is 18.2. The molecule has 4 unspecified atom stereocenters. The first kappa shape index (κ1) is 19.5. The Morgan fingerprint density at radius 3 is 2.57 bits per heavy atom. The lowest BCUT2D eigenvalue weighted by molar-refractivity contribution is -0.654. The van der Waals surface area contributed by atoms with E-state index in [2.05, 4.69) is 95.5 Å². The summed E-state index contributed by atoms with van der Waals surface area (Å²) in [6.07, 6.45) is 6.67. The third-order valence-electron chi connectivity index (χ3n) is 8.27. The number of aromatic nitrogens is 1. The molecule has 1 saturated carbocycles. The molecule has 0 radical (unpaired) electrons. The van der Waals surface area contributed by atoms with Crippen LogP contribution in [0.5, 0.6) is 0 Å². The van der Waals surface area contributed by atoms with Gasteiger partial charge < -0.3 is 10.3 Å². The van der Waals surface area contributed by atoms with Crippen LogP contribution < -0.4 is 5.32 Å². The first-order chi connectivity index (χ1) is 13.1. The number of hydrogen-bond donors (Lipinski definition) is 2. The summed E-state index contributed by atoms with van der Waals surface area (Å²) in [5.41, 5.74) is 5.72. The van der Waals surface area contributed by atoms with Gasteiger partial charge >= 0.3 is 0 Å². The van der Waals surface area contributed by atoms with E-state index in [0.717, 1.165) is 0 Å². The molecule has 3 N–H and O–H groups in total. The number of hydrogen-bond acceptors (Lipinski definition) is 0. The van der Waals surface area contributed by atoms with Gasteiger partial charge in [-0.05, 0) is 41.4 Å². The molecule has 1 fully saturated rings. The normalized spacial score (nSPS) is 31.4. The molecule has 0 aliphatic heterocycles. The molecule has 2 nitrogen and oxygen atoms in total. The molecule has 4 atom stereocenters. The van der Waals surface area contributed by atoms with Gasteiger partial charge in [0.05, 0.1) is 6.04 Å². The SMILES string of the molecule is C=CC(C)(C)c1[nH]c2cccc3c2c1C1C([NH2+][CH2-])C(C)(C=C)CCC1C3(C)C. The minimum absolute atomic E-state index is 0.0878. The van der Waals surface area contributed by atoms with Gasteiger partial charge in [-0.1, -0.05) is 58.9 Å². The van der Waals surface area contributed by atoms with Crippen LogP contribution in [-0.2, 0) is 10.8 Å². The fourth-order valence-corrected chi connectivity index (χ4v) is 6.27. The van der Waals surface area contributed by atoms with Crippen LogP contribution in [0.4, 0.5) is 0 Å². The molecule has 0 amide bonds. The Balaban J connectivity index is 2.11. The van der Waals surface area contributed by atoms with E-state index in [0.29, 0.717) is 17.9 Å². The van der Waals surface area contributed by atoms with Gasteiger partial charge in [-0.3, -0.25) is 0 Å². The first-order valence-electron chi connectivity index (χ1n) is 10.7. The summed E-state index contributed by atoms with van der Waals surface area (Å²) in [7, 11) is 4.30. The van der Waals surface area contributed by atoms with Crippen LogP contribution in [0.15, 0.2) is 43.5 Å². The zero-order chi connectivity index (χ0) is 20.5. The number of rotatable bonds is 4. The lowest BCUT2D eigenvalue weighted by Crippen LogP contribution is -2.90. The van der Waals surface area contributed by atoms with E-state index < -0.39 is 0 Å². The van der Waals surface area contributed by atoms with Crippen molar-refractivity contribution >= 4 is 10.9 Å². The minimum atomic E-state index is -0.106. The molecule has 1 aromatic carbocycles. The van der Waals surface area contributed by atoms with Crippen LogP contribution in [0.1, 0.15) is 70.2 Å². The Morgan fingerprint density at radius 1 is 1.25 bits per heavy atom. The van der Waals surface area contributed by atoms with Crippen molar-refractivity contribution in [3.63, 3.8) is 0 Å². The maximum atomic E-state index is 4.30. The number of benzene rings is 1. The molecule has 28 heavy (non-hydrogen) atoms. The lowest BCUT2D eigenvalue weighted by atomic mass is 9.50. The van der Waals surface area contributed by atoms with E-state index in [4.69, 9.17) is 0 Å². The predicted molar refractivity (Wildman–Crippen MR) is 119 cm³/mol. The van der Waals surface area contributed by atoms with Crippen molar-refractivity contribution in [3.8, 4) is 0 Å². The summed E-state index contributed by atoms with van der Waals surface area (Å²) >= 11 is 0. The Morgan fingerprint density at radius 2 is 1.96 bits per heavy atom. The van der Waals surface area contributed by atoms with Gasteiger partial charge in [-0.15, -0.1) is 13.2 Å². The smallest absolute Gasteiger partial charge is 0.0782 e. The molecule has 0 bridgehead atoms.